The molecule has 2 rings (SSSR count). The van der Waals surface area contributed by atoms with Crippen molar-refractivity contribution in [2.75, 3.05) is 11.9 Å². The van der Waals surface area contributed by atoms with Gasteiger partial charge in [0.05, 0.1) is 30.6 Å². The maximum atomic E-state index is 5.48. The van der Waals surface area contributed by atoms with Crippen molar-refractivity contribution in [1.29, 1.82) is 0 Å². The first-order chi connectivity index (χ1) is 6.74. The zero-order valence-electron chi connectivity index (χ0n) is 8.66. The number of hydrogen-bond acceptors (Lipinski definition) is 3. The quantitative estimate of drug-likeness (QED) is 0.778. The van der Waals surface area contributed by atoms with Gasteiger partial charge in [-0.3, -0.25) is 4.98 Å². The predicted molar refractivity (Wildman–Crippen MR) is 56.4 cm³/mol. The average Bonchev–Trinajstić information content (AvgIpc) is 2.56. The van der Waals surface area contributed by atoms with E-state index in [1.807, 2.05) is 19.2 Å². The fraction of sp³-hybridized carbons (Fsp3) is 0.545. The molecule has 2 atom stereocenters. The van der Waals surface area contributed by atoms with Gasteiger partial charge in [0.2, 0.25) is 0 Å². The Labute approximate surface area is 84.5 Å². The molecule has 1 saturated heterocycles. The number of anilines is 1. The van der Waals surface area contributed by atoms with Gasteiger partial charge in [0, 0.05) is 5.69 Å². The third-order valence-electron chi connectivity index (χ3n) is 2.48. The highest BCUT2D eigenvalue weighted by atomic mass is 16.5. The van der Waals surface area contributed by atoms with Gasteiger partial charge in [0.25, 0.3) is 0 Å². The Morgan fingerprint density at radius 1 is 1.50 bits per heavy atom. The Kier molecular flexibility index (Phi) is 2.68. The number of rotatable bonds is 2. The van der Waals surface area contributed by atoms with Crippen LogP contribution in [0.4, 0.5) is 5.69 Å². The SMILES string of the molecule is Cc1ccc(NC2COC(C)C2)cn1. The van der Waals surface area contributed by atoms with Crippen LogP contribution in [0.2, 0.25) is 0 Å². The normalized spacial score (nSPS) is 26.4. The van der Waals surface area contributed by atoms with E-state index in [2.05, 4.69) is 23.3 Å². The zero-order chi connectivity index (χ0) is 9.97. The van der Waals surface area contributed by atoms with Gasteiger partial charge >= 0.3 is 0 Å². The zero-order valence-corrected chi connectivity index (χ0v) is 8.66. The molecule has 0 saturated carbocycles. The van der Waals surface area contributed by atoms with Crippen molar-refractivity contribution in [3.05, 3.63) is 24.0 Å². The maximum absolute atomic E-state index is 5.48. The third kappa shape index (κ3) is 2.23. The first kappa shape index (κ1) is 9.46. The molecule has 2 unspecified atom stereocenters. The Balaban J connectivity index is 1.94. The van der Waals surface area contributed by atoms with Gasteiger partial charge in [-0.2, -0.15) is 0 Å². The van der Waals surface area contributed by atoms with E-state index in [1.165, 1.54) is 0 Å². The van der Waals surface area contributed by atoms with Crippen LogP contribution in [0.5, 0.6) is 0 Å². The third-order valence-corrected chi connectivity index (χ3v) is 2.48. The molecule has 3 nitrogen and oxygen atoms in total. The highest BCUT2D eigenvalue weighted by Crippen LogP contribution is 2.17. The molecule has 0 bridgehead atoms. The summed E-state index contributed by atoms with van der Waals surface area (Å²) in [6.45, 7) is 4.90. The van der Waals surface area contributed by atoms with E-state index in [-0.39, 0.29) is 0 Å². The van der Waals surface area contributed by atoms with Crippen molar-refractivity contribution in [3.8, 4) is 0 Å². The molecule has 1 N–H and O–H groups in total. The Morgan fingerprint density at radius 3 is 2.93 bits per heavy atom. The van der Waals surface area contributed by atoms with Crippen LogP contribution in [-0.4, -0.2) is 23.7 Å². The lowest BCUT2D eigenvalue weighted by atomic mass is 10.2. The number of aryl methyl sites for hydroxylation is 1. The Bertz CT molecular complexity index is 297. The fourth-order valence-corrected chi connectivity index (χ4v) is 1.71. The molecule has 1 aliphatic heterocycles. The molecule has 0 aromatic carbocycles. The van der Waals surface area contributed by atoms with Crippen LogP contribution in [0.25, 0.3) is 0 Å². The van der Waals surface area contributed by atoms with E-state index in [0.717, 1.165) is 24.4 Å². The van der Waals surface area contributed by atoms with Crippen molar-refractivity contribution in [1.82, 2.24) is 4.98 Å². The molecule has 1 fully saturated rings. The Morgan fingerprint density at radius 2 is 2.36 bits per heavy atom. The number of ether oxygens (including phenoxy) is 1. The predicted octanol–water partition coefficient (Wildman–Crippen LogP) is 1.98. The van der Waals surface area contributed by atoms with E-state index >= 15 is 0 Å². The van der Waals surface area contributed by atoms with Crippen LogP contribution >= 0.6 is 0 Å². The standard InChI is InChI=1S/C11H16N2O/c1-8-3-4-10(6-12-8)13-11-5-9(2)14-7-11/h3-4,6,9,11,13H,5,7H2,1-2H3. The van der Waals surface area contributed by atoms with Crippen molar-refractivity contribution >= 4 is 5.69 Å². The van der Waals surface area contributed by atoms with Gasteiger partial charge in [-0.25, -0.2) is 0 Å². The molecule has 0 aliphatic carbocycles. The van der Waals surface area contributed by atoms with Gasteiger partial charge in [0.15, 0.2) is 0 Å². The van der Waals surface area contributed by atoms with Crippen molar-refractivity contribution < 1.29 is 4.74 Å². The summed E-state index contributed by atoms with van der Waals surface area (Å²) in [7, 11) is 0. The molecule has 1 aromatic heterocycles. The number of nitrogens with one attached hydrogen (secondary N) is 1. The van der Waals surface area contributed by atoms with Gasteiger partial charge in [-0.1, -0.05) is 0 Å². The lowest BCUT2D eigenvalue weighted by molar-refractivity contribution is 0.124. The second-order valence-corrected chi connectivity index (χ2v) is 3.91. The van der Waals surface area contributed by atoms with Crippen LogP contribution in [0.15, 0.2) is 18.3 Å². The number of nitrogens with zero attached hydrogens (tertiary/aromatic N) is 1. The fourth-order valence-electron chi connectivity index (χ4n) is 1.71. The van der Waals surface area contributed by atoms with Crippen molar-refractivity contribution in [2.24, 2.45) is 0 Å². The first-order valence-corrected chi connectivity index (χ1v) is 5.05. The van der Waals surface area contributed by atoms with Gasteiger partial charge in [-0.15, -0.1) is 0 Å². The smallest absolute Gasteiger partial charge is 0.0672 e. The Hall–Kier alpha value is -1.09. The monoisotopic (exact) mass is 192 g/mol. The lowest BCUT2D eigenvalue weighted by Gasteiger charge is -2.11. The van der Waals surface area contributed by atoms with E-state index < -0.39 is 0 Å². The van der Waals surface area contributed by atoms with Crippen LogP contribution in [0, 0.1) is 6.92 Å². The highest BCUT2D eigenvalue weighted by Gasteiger charge is 2.21. The number of pyridine rings is 1. The maximum Gasteiger partial charge on any atom is 0.0672 e. The number of aromatic nitrogens is 1. The summed E-state index contributed by atoms with van der Waals surface area (Å²) >= 11 is 0. The second-order valence-electron chi connectivity index (χ2n) is 3.91. The van der Waals surface area contributed by atoms with E-state index in [0.29, 0.717) is 12.1 Å². The summed E-state index contributed by atoms with van der Waals surface area (Å²) in [5.41, 5.74) is 2.13. The topological polar surface area (TPSA) is 34.1 Å². The number of hydrogen-bond donors (Lipinski definition) is 1. The average molecular weight is 192 g/mol. The minimum atomic E-state index is 0.380. The van der Waals surface area contributed by atoms with Crippen LogP contribution in [0.1, 0.15) is 19.0 Å². The summed E-state index contributed by atoms with van der Waals surface area (Å²) in [5, 5.41) is 3.41. The summed E-state index contributed by atoms with van der Waals surface area (Å²) in [6, 6.07) is 4.52. The van der Waals surface area contributed by atoms with Gasteiger partial charge < -0.3 is 10.1 Å². The summed E-state index contributed by atoms with van der Waals surface area (Å²) in [6.07, 6.45) is 3.33. The molecular weight excluding hydrogens is 176 g/mol. The van der Waals surface area contributed by atoms with Crippen molar-refractivity contribution in [3.63, 3.8) is 0 Å². The minimum Gasteiger partial charge on any atom is -0.379 e. The summed E-state index contributed by atoms with van der Waals surface area (Å²) in [4.78, 5) is 4.24. The van der Waals surface area contributed by atoms with Crippen LogP contribution in [-0.2, 0) is 4.74 Å². The molecule has 1 aromatic rings. The second kappa shape index (κ2) is 3.96. The highest BCUT2D eigenvalue weighted by molar-refractivity contribution is 5.42. The van der Waals surface area contributed by atoms with E-state index in [9.17, 15) is 0 Å². The minimum absolute atomic E-state index is 0.380. The molecule has 76 valence electrons. The summed E-state index contributed by atoms with van der Waals surface area (Å²) < 4.78 is 5.48. The van der Waals surface area contributed by atoms with Gasteiger partial charge in [-0.05, 0) is 32.4 Å². The van der Waals surface area contributed by atoms with Crippen molar-refractivity contribution in [2.45, 2.75) is 32.4 Å². The molecular formula is C11H16N2O. The first-order valence-electron chi connectivity index (χ1n) is 5.05. The molecule has 2 heterocycles. The molecule has 0 spiro atoms. The molecule has 1 aliphatic rings. The lowest BCUT2D eigenvalue weighted by Crippen LogP contribution is -2.19. The van der Waals surface area contributed by atoms with E-state index in [1.54, 1.807) is 0 Å². The van der Waals surface area contributed by atoms with Crippen LogP contribution in [0.3, 0.4) is 0 Å². The van der Waals surface area contributed by atoms with Crippen LogP contribution < -0.4 is 5.32 Å². The largest absolute Gasteiger partial charge is 0.379 e. The molecule has 0 amide bonds. The summed E-state index contributed by atoms with van der Waals surface area (Å²) in [5.74, 6) is 0. The van der Waals surface area contributed by atoms with E-state index in [4.69, 9.17) is 4.74 Å². The molecule has 14 heavy (non-hydrogen) atoms. The molecule has 0 radical (unpaired) electrons. The molecule has 3 heteroatoms. The van der Waals surface area contributed by atoms with Gasteiger partial charge in [0.1, 0.15) is 0 Å².